The molecule has 1 heterocycles. The highest BCUT2D eigenvalue weighted by Crippen LogP contribution is 2.32. The largest absolute Gasteiger partial charge is 0.325 e. The van der Waals surface area contributed by atoms with E-state index in [4.69, 9.17) is 0 Å². The lowest BCUT2D eigenvalue weighted by atomic mass is 10.2. The quantitative estimate of drug-likeness (QED) is 0.831. The van der Waals surface area contributed by atoms with Gasteiger partial charge in [-0.25, -0.2) is 4.39 Å². The summed E-state index contributed by atoms with van der Waals surface area (Å²) >= 11 is 0.687. The molecule has 2 aromatic rings. The molecule has 0 saturated carbocycles. The molecule has 0 atom stereocenters. The number of anilines is 1. The fraction of sp³-hybridized carbons (Fsp3) is 0.105. The van der Waals surface area contributed by atoms with Crippen molar-refractivity contribution >= 4 is 40.6 Å². The number of benzene rings is 2. The first-order valence-electron chi connectivity index (χ1n) is 7.80. The lowest BCUT2D eigenvalue weighted by Crippen LogP contribution is -2.36. The van der Waals surface area contributed by atoms with Gasteiger partial charge >= 0.3 is 0 Å². The van der Waals surface area contributed by atoms with E-state index in [1.165, 1.54) is 24.3 Å². The number of halogens is 1. The Hall–Kier alpha value is -2.93. The van der Waals surface area contributed by atoms with E-state index in [-0.39, 0.29) is 10.5 Å². The first-order chi connectivity index (χ1) is 12.4. The van der Waals surface area contributed by atoms with Gasteiger partial charge in [-0.2, -0.15) is 0 Å². The van der Waals surface area contributed by atoms with Crippen molar-refractivity contribution in [1.29, 1.82) is 0 Å². The van der Waals surface area contributed by atoms with Gasteiger partial charge in [0.25, 0.3) is 11.1 Å². The third kappa shape index (κ3) is 4.00. The van der Waals surface area contributed by atoms with Crippen LogP contribution in [0.15, 0.2) is 53.4 Å². The molecule has 7 heteroatoms. The molecule has 0 spiro atoms. The topological polar surface area (TPSA) is 66.5 Å². The third-order valence-electron chi connectivity index (χ3n) is 3.70. The Morgan fingerprint density at radius 2 is 1.85 bits per heavy atom. The van der Waals surface area contributed by atoms with Gasteiger partial charge < -0.3 is 5.32 Å². The second kappa shape index (κ2) is 7.53. The highest BCUT2D eigenvalue weighted by atomic mass is 32.2. The highest BCUT2D eigenvalue weighted by molar-refractivity contribution is 8.18. The molecule has 26 heavy (non-hydrogen) atoms. The molecule has 1 aliphatic rings. The Balaban J connectivity index is 1.70. The number of hydrogen-bond donors (Lipinski definition) is 1. The minimum absolute atomic E-state index is 0.0863. The van der Waals surface area contributed by atoms with E-state index in [0.29, 0.717) is 17.4 Å². The summed E-state index contributed by atoms with van der Waals surface area (Å²) in [5.74, 6) is -1.58. The van der Waals surface area contributed by atoms with Crippen LogP contribution in [0.1, 0.15) is 11.1 Å². The Kier molecular flexibility index (Phi) is 5.18. The first-order valence-corrected chi connectivity index (χ1v) is 8.62. The molecule has 1 aliphatic heterocycles. The van der Waals surface area contributed by atoms with Gasteiger partial charge in [-0.1, -0.05) is 35.9 Å². The van der Waals surface area contributed by atoms with Crippen LogP contribution in [-0.2, 0) is 9.59 Å². The van der Waals surface area contributed by atoms with Crippen LogP contribution in [0.3, 0.4) is 0 Å². The van der Waals surface area contributed by atoms with Crippen molar-refractivity contribution < 1.29 is 18.8 Å². The molecular weight excluding hydrogens is 355 g/mol. The number of rotatable bonds is 4. The number of nitrogens with one attached hydrogen (secondary N) is 1. The molecule has 0 unspecified atom stereocenters. The zero-order valence-electron chi connectivity index (χ0n) is 13.9. The molecule has 0 radical (unpaired) electrons. The van der Waals surface area contributed by atoms with Gasteiger partial charge in [0.1, 0.15) is 12.4 Å². The van der Waals surface area contributed by atoms with Crippen LogP contribution in [0.5, 0.6) is 0 Å². The van der Waals surface area contributed by atoms with Gasteiger partial charge in [0.2, 0.25) is 5.91 Å². The van der Waals surface area contributed by atoms with Crippen LogP contribution in [0.25, 0.3) is 6.08 Å². The second-order valence-corrected chi connectivity index (χ2v) is 6.70. The van der Waals surface area contributed by atoms with Crippen LogP contribution in [0.4, 0.5) is 14.9 Å². The Morgan fingerprint density at radius 1 is 1.15 bits per heavy atom. The van der Waals surface area contributed by atoms with Gasteiger partial charge in [-0.05, 0) is 43.0 Å². The van der Waals surface area contributed by atoms with Crippen LogP contribution in [0.2, 0.25) is 0 Å². The number of nitrogens with zero attached hydrogens (tertiary/aromatic N) is 1. The average Bonchev–Trinajstić information content (AvgIpc) is 2.86. The van der Waals surface area contributed by atoms with Gasteiger partial charge in [0, 0.05) is 11.3 Å². The minimum atomic E-state index is -0.609. The summed E-state index contributed by atoms with van der Waals surface area (Å²) in [5.41, 5.74) is 1.84. The summed E-state index contributed by atoms with van der Waals surface area (Å²) in [6, 6.07) is 13.1. The summed E-state index contributed by atoms with van der Waals surface area (Å²) in [6.45, 7) is 1.53. The lowest BCUT2D eigenvalue weighted by molar-refractivity contribution is -0.127. The molecule has 5 nitrogen and oxygen atoms in total. The summed E-state index contributed by atoms with van der Waals surface area (Å²) in [7, 11) is 0. The zero-order chi connectivity index (χ0) is 18.7. The fourth-order valence-corrected chi connectivity index (χ4v) is 3.18. The maximum absolute atomic E-state index is 13.7. The van der Waals surface area contributed by atoms with Crippen LogP contribution >= 0.6 is 11.8 Å². The van der Waals surface area contributed by atoms with Gasteiger partial charge in [-0.3, -0.25) is 19.3 Å². The molecule has 132 valence electrons. The molecule has 1 N–H and O–H groups in total. The number of carbonyl (C=O) groups excluding carboxylic acids is 3. The predicted molar refractivity (Wildman–Crippen MR) is 98.9 cm³/mol. The molecule has 0 aliphatic carbocycles. The summed E-state index contributed by atoms with van der Waals surface area (Å²) in [4.78, 5) is 37.5. The monoisotopic (exact) mass is 370 g/mol. The van der Waals surface area contributed by atoms with Gasteiger partial charge in [0.05, 0.1) is 4.91 Å². The van der Waals surface area contributed by atoms with Crippen LogP contribution in [-0.4, -0.2) is 28.5 Å². The van der Waals surface area contributed by atoms with E-state index in [2.05, 4.69) is 5.32 Å². The number of imide groups is 1. The molecular formula is C19H15FN2O3S. The van der Waals surface area contributed by atoms with Crippen LogP contribution in [0, 0.1) is 12.7 Å². The Morgan fingerprint density at radius 3 is 2.54 bits per heavy atom. The number of carbonyl (C=O) groups is 3. The Bertz CT molecular complexity index is 909. The number of hydrogen-bond acceptors (Lipinski definition) is 4. The Labute approximate surface area is 153 Å². The SMILES string of the molecule is Cc1ccc(NC(=O)CN2C(=O)S/C(=C\c3ccccc3F)C2=O)cc1. The van der Waals surface area contributed by atoms with Gasteiger partial charge in [-0.15, -0.1) is 0 Å². The predicted octanol–water partition coefficient (Wildman–Crippen LogP) is 3.81. The summed E-state index contributed by atoms with van der Waals surface area (Å²) in [5, 5.41) is 2.08. The van der Waals surface area contributed by atoms with Crippen molar-refractivity contribution in [2.24, 2.45) is 0 Å². The molecule has 3 rings (SSSR count). The highest BCUT2D eigenvalue weighted by Gasteiger charge is 2.36. The van der Waals surface area contributed by atoms with Crippen molar-refractivity contribution in [3.8, 4) is 0 Å². The second-order valence-electron chi connectivity index (χ2n) is 5.70. The lowest BCUT2D eigenvalue weighted by Gasteiger charge is -2.12. The van der Waals surface area contributed by atoms with Crippen molar-refractivity contribution in [1.82, 2.24) is 4.90 Å². The standard InChI is InChI=1S/C19H15FN2O3S/c1-12-6-8-14(9-7-12)21-17(23)11-22-18(24)16(26-19(22)25)10-13-4-2-3-5-15(13)20/h2-10H,11H2,1H3,(H,21,23)/b16-10-. The molecule has 1 fully saturated rings. The smallest absolute Gasteiger partial charge is 0.294 e. The van der Waals surface area contributed by atoms with E-state index in [1.54, 1.807) is 18.2 Å². The minimum Gasteiger partial charge on any atom is -0.325 e. The first kappa shape index (κ1) is 17.9. The fourth-order valence-electron chi connectivity index (χ4n) is 2.35. The van der Waals surface area contributed by atoms with Crippen molar-refractivity contribution in [2.75, 3.05) is 11.9 Å². The molecule has 3 amide bonds. The zero-order valence-corrected chi connectivity index (χ0v) is 14.7. The van der Waals surface area contributed by atoms with Crippen molar-refractivity contribution in [3.63, 3.8) is 0 Å². The number of amides is 3. The average molecular weight is 370 g/mol. The molecule has 0 bridgehead atoms. The van der Waals surface area contributed by atoms with Gasteiger partial charge in [0.15, 0.2) is 0 Å². The summed E-state index contributed by atoms with van der Waals surface area (Å²) in [6.07, 6.45) is 1.32. The van der Waals surface area contributed by atoms with E-state index >= 15 is 0 Å². The van der Waals surface area contributed by atoms with E-state index in [1.807, 2.05) is 19.1 Å². The maximum atomic E-state index is 13.7. The molecule has 1 saturated heterocycles. The summed E-state index contributed by atoms with van der Waals surface area (Å²) < 4.78 is 13.7. The normalized spacial score (nSPS) is 15.6. The third-order valence-corrected chi connectivity index (χ3v) is 4.61. The van der Waals surface area contributed by atoms with E-state index in [0.717, 1.165) is 10.5 Å². The maximum Gasteiger partial charge on any atom is 0.294 e. The van der Waals surface area contributed by atoms with Crippen molar-refractivity contribution in [3.05, 3.63) is 70.4 Å². The molecule has 2 aromatic carbocycles. The van der Waals surface area contributed by atoms with Crippen molar-refractivity contribution in [2.45, 2.75) is 6.92 Å². The number of aryl methyl sites for hydroxylation is 1. The van der Waals surface area contributed by atoms with E-state index in [9.17, 15) is 18.8 Å². The molecule has 0 aromatic heterocycles. The van der Waals surface area contributed by atoms with Crippen LogP contribution < -0.4 is 5.32 Å². The number of thioether (sulfide) groups is 1. The van der Waals surface area contributed by atoms with E-state index < -0.39 is 29.4 Å².